The summed E-state index contributed by atoms with van der Waals surface area (Å²) in [6.45, 7) is 1.61. The van der Waals surface area contributed by atoms with Crippen molar-refractivity contribution in [2.75, 3.05) is 6.54 Å². The Kier molecular flexibility index (Phi) is 6.78. The number of hydrogen-bond donors (Lipinski definition) is 2. The maximum Gasteiger partial charge on any atom is 0.391 e. The molecule has 2 aromatic carbocycles. The second kappa shape index (κ2) is 9.79. The van der Waals surface area contributed by atoms with E-state index in [4.69, 9.17) is 12.2 Å². The normalized spacial score (nSPS) is 19.2. The van der Waals surface area contributed by atoms with Crippen molar-refractivity contribution in [1.29, 1.82) is 0 Å². The van der Waals surface area contributed by atoms with Crippen LogP contribution in [0.5, 0.6) is 0 Å². The van der Waals surface area contributed by atoms with Gasteiger partial charge in [-0.05, 0) is 55.2 Å². The number of aromatic nitrogens is 4. The van der Waals surface area contributed by atoms with E-state index in [0.717, 1.165) is 5.56 Å². The first kappa shape index (κ1) is 26.3. The molecule has 2 aromatic heterocycles. The molecule has 200 valence electrons. The molecule has 0 amide bonds. The van der Waals surface area contributed by atoms with Gasteiger partial charge in [-0.15, -0.1) is 0 Å². The van der Waals surface area contributed by atoms with Crippen molar-refractivity contribution >= 4 is 33.4 Å². The van der Waals surface area contributed by atoms with Gasteiger partial charge in [-0.1, -0.05) is 42.0 Å². The lowest BCUT2D eigenvalue weighted by Crippen LogP contribution is -2.44. The number of H-pyrrole nitrogens is 2. The van der Waals surface area contributed by atoms with E-state index >= 15 is 0 Å². The first-order valence-corrected chi connectivity index (χ1v) is 13.7. The molecule has 0 radical (unpaired) electrons. The number of halogens is 3. The van der Waals surface area contributed by atoms with Crippen molar-refractivity contribution in [3.8, 4) is 0 Å². The summed E-state index contributed by atoms with van der Waals surface area (Å²) in [4.78, 5) is 21.8. The van der Waals surface area contributed by atoms with Crippen LogP contribution in [0.15, 0.2) is 64.5 Å². The van der Waals surface area contributed by atoms with Crippen LogP contribution in [0.3, 0.4) is 0 Å². The summed E-state index contributed by atoms with van der Waals surface area (Å²) in [5, 5.41) is 0. The number of rotatable bonds is 5. The molecule has 1 aliphatic rings. The van der Waals surface area contributed by atoms with Crippen LogP contribution in [0.25, 0.3) is 11.2 Å². The van der Waals surface area contributed by atoms with Gasteiger partial charge in [0.25, 0.3) is 5.56 Å². The molecule has 0 saturated carbocycles. The summed E-state index contributed by atoms with van der Waals surface area (Å²) in [5.41, 5.74) is 1.92. The van der Waals surface area contributed by atoms with E-state index in [0.29, 0.717) is 11.1 Å². The molecular formula is C25H24F3N5O3S2. The summed E-state index contributed by atoms with van der Waals surface area (Å²) in [6.07, 6.45) is -3.86. The van der Waals surface area contributed by atoms with Crippen molar-refractivity contribution in [3.05, 3.63) is 86.7 Å². The molecule has 38 heavy (non-hydrogen) atoms. The van der Waals surface area contributed by atoms with Gasteiger partial charge < -0.3 is 4.98 Å². The van der Waals surface area contributed by atoms with Crippen LogP contribution in [-0.2, 0) is 16.6 Å². The third-order valence-corrected chi connectivity index (χ3v) is 9.20. The second-order valence-corrected chi connectivity index (χ2v) is 11.6. The van der Waals surface area contributed by atoms with Crippen LogP contribution >= 0.6 is 12.2 Å². The molecule has 0 aliphatic carbocycles. The molecule has 5 rings (SSSR count). The topological polar surface area (TPSA) is 104 Å². The van der Waals surface area contributed by atoms with Gasteiger partial charge in [0.2, 0.25) is 10.0 Å². The predicted molar refractivity (Wildman–Crippen MR) is 138 cm³/mol. The Bertz CT molecular complexity index is 1710. The molecule has 2 N–H and O–H groups in total. The highest BCUT2D eigenvalue weighted by Gasteiger charge is 2.47. The first-order valence-electron chi connectivity index (χ1n) is 11.9. The molecule has 8 nitrogen and oxygen atoms in total. The number of nitrogens with zero attached hydrogens (tertiary/aromatic N) is 3. The van der Waals surface area contributed by atoms with E-state index in [1.807, 2.05) is 6.92 Å². The molecular weight excluding hydrogens is 539 g/mol. The maximum atomic E-state index is 13.9. The number of aryl methyl sites for hydroxylation is 1. The standard InChI is InChI=1S/C25H24F3N5O3S2/c1-15-6-8-18(9-7-15)38(35,36)33-11-10-17(25(26,27)28)12-20(33)19-5-3-2-4-16(19)13-32-22-21(29-14-30-22)23(34)31-24(32)37/h2-9,14,17,20H,10-13H2,1H3,(H,29,30)(H,31,34,37)/t17-,20+/m1/s1. The van der Waals surface area contributed by atoms with Gasteiger partial charge in [-0.3, -0.25) is 14.3 Å². The summed E-state index contributed by atoms with van der Waals surface area (Å²) < 4.78 is 71.8. The lowest BCUT2D eigenvalue weighted by Gasteiger charge is -2.40. The first-order chi connectivity index (χ1) is 18.0. The van der Waals surface area contributed by atoms with Crippen molar-refractivity contribution in [3.63, 3.8) is 0 Å². The fraction of sp³-hybridized carbons (Fsp3) is 0.320. The SMILES string of the molecule is Cc1ccc(S(=O)(=O)N2CC[C@@H](C(F)(F)F)C[C@H]2c2ccccc2Cn2c(=S)[nH]c(=O)c3[nH]cnc32)cc1. The summed E-state index contributed by atoms with van der Waals surface area (Å²) >= 11 is 5.35. The zero-order valence-corrected chi connectivity index (χ0v) is 21.8. The number of nitrogens with one attached hydrogen (secondary N) is 2. The van der Waals surface area contributed by atoms with Gasteiger partial charge in [0.1, 0.15) is 5.52 Å². The van der Waals surface area contributed by atoms with Crippen LogP contribution in [0.2, 0.25) is 0 Å². The van der Waals surface area contributed by atoms with Gasteiger partial charge in [0.15, 0.2) is 10.4 Å². The Labute approximate surface area is 221 Å². The average molecular weight is 564 g/mol. The molecule has 4 aromatic rings. The van der Waals surface area contributed by atoms with E-state index in [1.54, 1.807) is 41.0 Å². The van der Waals surface area contributed by atoms with Crippen molar-refractivity contribution in [1.82, 2.24) is 23.8 Å². The van der Waals surface area contributed by atoms with Gasteiger partial charge in [-0.25, -0.2) is 13.4 Å². The van der Waals surface area contributed by atoms with Gasteiger partial charge >= 0.3 is 6.18 Å². The third kappa shape index (κ3) is 4.81. The van der Waals surface area contributed by atoms with E-state index in [1.165, 1.54) is 22.8 Å². The largest absolute Gasteiger partial charge is 0.391 e. The number of aromatic amines is 2. The van der Waals surface area contributed by atoms with E-state index in [2.05, 4.69) is 15.0 Å². The second-order valence-electron chi connectivity index (χ2n) is 9.35. The number of alkyl halides is 3. The van der Waals surface area contributed by atoms with Crippen LogP contribution in [0, 0.1) is 17.6 Å². The highest BCUT2D eigenvalue weighted by atomic mass is 32.2. The van der Waals surface area contributed by atoms with Crippen LogP contribution < -0.4 is 5.56 Å². The smallest absolute Gasteiger partial charge is 0.339 e. The Hall–Kier alpha value is -3.29. The van der Waals surface area contributed by atoms with E-state index in [9.17, 15) is 26.4 Å². The molecule has 1 aliphatic heterocycles. The summed E-state index contributed by atoms with van der Waals surface area (Å²) in [7, 11) is -4.10. The Balaban J connectivity index is 1.62. The minimum absolute atomic E-state index is 0.0251. The fourth-order valence-electron chi connectivity index (χ4n) is 4.96. The minimum Gasteiger partial charge on any atom is -0.339 e. The van der Waals surface area contributed by atoms with Crippen LogP contribution in [-0.4, -0.2) is 45.0 Å². The fourth-order valence-corrected chi connectivity index (χ4v) is 6.83. The van der Waals surface area contributed by atoms with Gasteiger partial charge in [0.05, 0.1) is 29.7 Å². The third-order valence-electron chi connectivity index (χ3n) is 6.95. The van der Waals surface area contributed by atoms with Crippen LogP contribution in [0.1, 0.15) is 35.6 Å². The Morgan fingerprint density at radius 3 is 2.55 bits per heavy atom. The number of piperidine rings is 1. The molecule has 0 spiro atoms. The zero-order chi connectivity index (χ0) is 27.2. The molecule has 3 heterocycles. The Morgan fingerprint density at radius 1 is 1.13 bits per heavy atom. The number of fused-ring (bicyclic) bond motifs is 1. The van der Waals surface area contributed by atoms with Crippen molar-refractivity contribution in [2.45, 2.75) is 43.4 Å². The maximum absolute atomic E-state index is 13.9. The number of hydrogen-bond acceptors (Lipinski definition) is 5. The molecule has 0 bridgehead atoms. The molecule has 1 saturated heterocycles. The molecule has 0 unspecified atom stereocenters. The highest BCUT2D eigenvalue weighted by molar-refractivity contribution is 7.89. The summed E-state index contributed by atoms with van der Waals surface area (Å²) in [5.74, 6) is -1.65. The molecule has 2 atom stereocenters. The van der Waals surface area contributed by atoms with Crippen molar-refractivity contribution in [2.24, 2.45) is 5.92 Å². The average Bonchev–Trinajstić information content (AvgIpc) is 3.37. The lowest BCUT2D eigenvalue weighted by molar-refractivity contribution is -0.187. The van der Waals surface area contributed by atoms with E-state index < -0.39 is 40.1 Å². The monoisotopic (exact) mass is 563 g/mol. The van der Waals surface area contributed by atoms with E-state index in [-0.39, 0.29) is 40.3 Å². The number of benzene rings is 2. The Morgan fingerprint density at radius 2 is 1.84 bits per heavy atom. The number of imidazole rings is 1. The van der Waals surface area contributed by atoms with Gasteiger partial charge in [0, 0.05) is 6.54 Å². The van der Waals surface area contributed by atoms with Gasteiger partial charge in [-0.2, -0.15) is 17.5 Å². The minimum atomic E-state index is -4.46. The summed E-state index contributed by atoms with van der Waals surface area (Å²) in [6, 6.07) is 11.9. The number of sulfonamides is 1. The molecule has 1 fully saturated rings. The predicted octanol–water partition coefficient (Wildman–Crippen LogP) is 4.84. The zero-order valence-electron chi connectivity index (χ0n) is 20.2. The van der Waals surface area contributed by atoms with Crippen LogP contribution in [0.4, 0.5) is 13.2 Å². The van der Waals surface area contributed by atoms with Crippen molar-refractivity contribution < 1.29 is 21.6 Å². The molecule has 13 heteroatoms. The highest BCUT2D eigenvalue weighted by Crippen LogP contribution is 2.45. The lowest BCUT2D eigenvalue weighted by atomic mass is 9.86. The quantitative estimate of drug-likeness (QED) is 0.338.